The predicted molar refractivity (Wildman–Crippen MR) is 121 cm³/mol. The van der Waals surface area contributed by atoms with Crippen LogP contribution in [0, 0.1) is 19.7 Å². The van der Waals surface area contributed by atoms with E-state index in [2.05, 4.69) is 15.9 Å². The smallest absolute Gasteiger partial charge is 0.295 e. The average molecular weight is 478 g/mol. The Kier molecular flexibility index (Phi) is 4.55. The zero-order chi connectivity index (χ0) is 21.9. The zero-order valence-electron chi connectivity index (χ0n) is 16.8. The molecule has 1 unspecified atom stereocenters. The van der Waals surface area contributed by atoms with E-state index in [-0.39, 0.29) is 22.3 Å². The summed E-state index contributed by atoms with van der Waals surface area (Å²) in [6.45, 7) is 3.92. The molecule has 1 aromatic heterocycles. The molecule has 1 amide bonds. The van der Waals surface area contributed by atoms with E-state index in [1.54, 1.807) is 42.5 Å². The van der Waals surface area contributed by atoms with Gasteiger partial charge in [0, 0.05) is 15.7 Å². The molecular formula is C25H17BrFNO3. The molecule has 4 aromatic rings. The van der Waals surface area contributed by atoms with E-state index >= 15 is 0 Å². The molecule has 0 bridgehead atoms. The first kappa shape index (κ1) is 19.7. The second-order valence-electron chi connectivity index (χ2n) is 7.68. The van der Waals surface area contributed by atoms with Crippen LogP contribution in [-0.2, 0) is 0 Å². The van der Waals surface area contributed by atoms with Crippen LogP contribution >= 0.6 is 15.9 Å². The van der Waals surface area contributed by atoms with Crippen LogP contribution in [0.15, 0.2) is 74.3 Å². The van der Waals surface area contributed by atoms with Crippen molar-refractivity contribution in [2.75, 3.05) is 4.90 Å². The van der Waals surface area contributed by atoms with Gasteiger partial charge in [-0.05, 0) is 61.4 Å². The quantitative estimate of drug-likeness (QED) is 0.352. The number of halogens is 2. The topological polar surface area (TPSA) is 50.5 Å². The summed E-state index contributed by atoms with van der Waals surface area (Å²) in [4.78, 5) is 28.5. The van der Waals surface area contributed by atoms with Crippen LogP contribution in [0.4, 0.5) is 10.1 Å². The van der Waals surface area contributed by atoms with Crippen molar-refractivity contribution in [2.45, 2.75) is 19.9 Å². The van der Waals surface area contributed by atoms with E-state index in [1.165, 1.54) is 11.0 Å². The van der Waals surface area contributed by atoms with Crippen molar-refractivity contribution < 1.29 is 13.6 Å². The Labute approximate surface area is 186 Å². The summed E-state index contributed by atoms with van der Waals surface area (Å²) in [5, 5.41) is 0.337. The second-order valence-corrected chi connectivity index (χ2v) is 8.60. The van der Waals surface area contributed by atoms with Crippen molar-refractivity contribution >= 4 is 38.5 Å². The van der Waals surface area contributed by atoms with Gasteiger partial charge in [-0.3, -0.25) is 14.5 Å². The fourth-order valence-electron chi connectivity index (χ4n) is 4.08. The monoisotopic (exact) mass is 477 g/mol. The zero-order valence-corrected chi connectivity index (χ0v) is 18.4. The lowest BCUT2D eigenvalue weighted by molar-refractivity contribution is 0.0971. The molecule has 0 radical (unpaired) electrons. The van der Waals surface area contributed by atoms with Crippen molar-refractivity contribution in [1.82, 2.24) is 0 Å². The molecule has 0 aliphatic carbocycles. The number of benzene rings is 3. The second kappa shape index (κ2) is 7.17. The van der Waals surface area contributed by atoms with Gasteiger partial charge >= 0.3 is 0 Å². The van der Waals surface area contributed by atoms with Crippen LogP contribution in [0.3, 0.4) is 0 Å². The summed E-state index contributed by atoms with van der Waals surface area (Å²) in [6.07, 6.45) is 0. The highest BCUT2D eigenvalue weighted by atomic mass is 79.9. The number of carbonyl (C=O) groups excluding carboxylic acids is 1. The van der Waals surface area contributed by atoms with Crippen LogP contribution in [0.25, 0.3) is 11.0 Å². The number of amides is 1. The number of aryl methyl sites for hydroxylation is 2. The lowest BCUT2D eigenvalue weighted by Gasteiger charge is -2.26. The van der Waals surface area contributed by atoms with Crippen LogP contribution < -0.4 is 10.3 Å². The van der Waals surface area contributed by atoms with Gasteiger partial charge in [0.25, 0.3) is 5.91 Å². The number of carbonyl (C=O) groups is 1. The highest BCUT2D eigenvalue weighted by Gasteiger charge is 2.44. The SMILES string of the molecule is Cc1ccc(N2C(=O)c3oc4ccc(Br)cc4c(=O)c3C2c2ccccc2F)cc1C. The molecule has 31 heavy (non-hydrogen) atoms. The summed E-state index contributed by atoms with van der Waals surface area (Å²) in [7, 11) is 0. The molecular weight excluding hydrogens is 461 g/mol. The van der Waals surface area contributed by atoms with Gasteiger partial charge in [-0.2, -0.15) is 0 Å². The lowest BCUT2D eigenvalue weighted by atomic mass is 9.97. The maximum Gasteiger partial charge on any atom is 0.295 e. The maximum atomic E-state index is 14.9. The summed E-state index contributed by atoms with van der Waals surface area (Å²) in [5.41, 5.74) is 3.01. The van der Waals surface area contributed by atoms with Crippen LogP contribution in [0.2, 0.25) is 0 Å². The number of nitrogens with zero attached hydrogens (tertiary/aromatic N) is 1. The fraction of sp³-hybridized carbons (Fsp3) is 0.120. The standard InChI is InChI=1S/C25H17BrFNO3/c1-13-7-9-16(11-14(13)2)28-22(17-5-3-4-6-19(17)27)21-23(29)18-12-15(26)8-10-20(18)31-24(21)25(28)30/h3-12,22H,1-2H3. The molecule has 4 nitrogen and oxygen atoms in total. The minimum Gasteiger partial charge on any atom is -0.450 e. The minimum absolute atomic E-state index is 0.0497. The summed E-state index contributed by atoms with van der Waals surface area (Å²) in [6, 6.07) is 15.9. The third-order valence-corrected chi connectivity index (χ3v) is 6.29. The Morgan fingerprint density at radius 2 is 1.74 bits per heavy atom. The Hall–Kier alpha value is -3.25. The first-order valence-electron chi connectivity index (χ1n) is 9.78. The first-order chi connectivity index (χ1) is 14.9. The largest absolute Gasteiger partial charge is 0.450 e. The maximum absolute atomic E-state index is 14.9. The minimum atomic E-state index is -0.926. The molecule has 0 saturated heterocycles. The molecule has 3 aromatic carbocycles. The lowest BCUT2D eigenvalue weighted by Crippen LogP contribution is -2.30. The summed E-state index contributed by atoms with van der Waals surface area (Å²) in [5.74, 6) is -1.00. The van der Waals surface area contributed by atoms with E-state index in [1.807, 2.05) is 26.0 Å². The highest BCUT2D eigenvalue weighted by Crippen LogP contribution is 2.42. The predicted octanol–water partition coefficient (Wildman–Crippen LogP) is 6.06. The first-order valence-corrected chi connectivity index (χ1v) is 10.6. The van der Waals surface area contributed by atoms with Gasteiger partial charge in [0.2, 0.25) is 5.76 Å². The summed E-state index contributed by atoms with van der Waals surface area (Å²) >= 11 is 3.38. The molecule has 6 heteroatoms. The van der Waals surface area contributed by atoms with Gasteiger partial charge in [-0.1, -0.05) is 40.2 Å². The van der Waals surface area contributed by atoms with E-state index < -0.39 is 17.8 Å². The molecule has 0 spiro atoms. The molecule has 5 rings (SSSR count). The Morgan fingerprint density at radius 3 is 2.48 bits per heavy atom. The number of hydrogen-bond acceptors (Lipinski definition) is 3. The van der Waals surface area contributed by atoms with Gasteiger partial charge < -0.3 is 4.42 Å². The normalized spacial score (nSPS) is 15.5. The van der Waals surface area contributed by atoms with Crippen LogP contribution in [0.5, 0.6) is 0 Å². The Bertz CT molecular complexity index is 1440. The van der Waals surface area contributed by atoms with Crippen molar-refractivity contribution in [3.63, 3.8) is 0 Å². The Morgan fingerprint density at radius 1 is 0.968 bits per heavy atom. The molecule has 1 aliphatic heterocycles. The third kappa shape index (κ3) is 3.01. The van der Waals surface area contributed by atoms with E-state index in [0.717, 1.165) is 11.1 Å². The number of fused-ring (bicyclic) bond motifs is 2. The summed E-state index contributed by atoms with van der Waals surface area (Å²) < 4.78 is 21.6. The third-order valence-electron chi connectivity index (χ3n) is 5.80. The average Bonchev–Trinajstić information content (AvgIpc) is 3.04. The fourth-order valence-corrected chi connectivity index (χ4v) is 4.44. The van der Waals surface area contributed by atoms with Gasteiger partial charge in [0.05, 0.1) is 17.0 Å². The molecule has 154 valence electrons. The molecule has 0 N–H and O–H groups in total. The van der Waals surface area contributed by atoms with Gasteiger partial charge in [0.15, 0.2) is 5.43 Å². The number of anilines is 1. The highest BCUT2D eigenvalue weighted by molar-refractivity contribution is 9.10. The molecule has 2 heterocycles. The van der Waals surface area contributed by atoms with Crippen molar-refractivity contribution in [2.24, 2.45) is 0 Å². The van der Waals surface area contributed by atoms with E-state index in [0.29, 0.717) is 21.1 Å². The molecule has 0 fully saturated rings. The van der Waals surface area contributed by atoms with Crippen molar-refractivity contribution in [3.8, 4) is 0 Å². The number of hydrogen-bond donors (Lipinski definition) is 0. The molecule has 1 atom stereocenters. The van der Waals surface area contributed by atoms with Crippen molar-refractivity contribution in [1.29, 1.82) is 0 Å². The number of rotatable bonds is 2. The van der Waals surface area contributed by atoms with Gasteiger partial charge in [-0.25, -0.2) is 4.39 Å². The van der Waals surface area contributed by atoms with E-state index in [4.69, 9.17) is 4.42 Å². The van der Waals surface area contributed by atoms with Crippen molar-refractivity contribution in [3.05, 3.63) is 109 Å². The van der Waals surface area contributed by atoms with E-state index in [9.17, 15) is 14.0 Å². The molecule has 1 aliphatic rings. The molecule has 0 saturated carbocycles. The Balaban J connectivity index is 1.85. The van der Waals surface area contributed by atoms with Gasteiger partial charge in [-0.15, -0.1) is 0 Å². The van der Waals surface area contributed by atoms with Gasteiger partial charge in [0.1, 0.15) is 11.4 Å². The van der Waals surface area contributed by atoms with Crippen LogP contribution in [-0.4, -0.2) is 5.91 Å². The van der Waals surface area contributed by atoms with Crippen LogP contribution in [0.1, 0.15) is 38.9 Å².